The van der Waals surface area contributed by atoms with E-state index in [4.69, 9.17) is 14.2 Å². The smallest absolute Gasteiger partial charge is 0.410 e. The summed E-state index contributed by atoms with van der Waals surface area (Å²) in [5.74, 6) is -0.281. The maximum absolute atomic E-state index is 12.4. The number of benzene rings is 1. The Morgan fingerprint density at radius 1 is 1.28 bits per heavy atom. The summed E-state index contributed by atoms with van der Waals surface area (Å²) in [5.41, 5.74) is -0.278. The van der Waals surface area contributed by atoms with Crippen LogP contribution in [0.5, 0.6) is 0 Å². The third-order valence-electron chi connectivity index (χ3n) is 4.53. The topological polar surface area (TPSA) is 65.1 Å². The van der Waals surface area contributed by atoms with Crippen molar-refractivity contribution in [2.24, 2.45) is 5.41 Å². The van der Waals surface area contributed by atoms with E-state index in [1.807, 2.05) is 51.1 Å². The molecule has 1 aromatic carbocycles. The molecule has 2 saturated heterocycles. The van der Waals surface area contributed by atoms with Crippen molar-refractivity contribution in [1.29, 1.82) is 0 Å². The third kappa shape index (κ3) is 3.79. The molecule has 2 heterocycles. The van der Waals surface area contributed by atoms with Crippen LogP contribution in [0.2, 0.25) is 0 Å². The van der Waals surface area contributed by atoms with Crippen LogP contribution in [0.15, 0.2) is 30.3 Å². The molecule has 6 nitrogen and oxygen atoms in total. The molecule has 25 heavy (non-hydrogen) atoms. The normalized spacial score (nSPS) is 22.3. The van der Waals surface area contributed by atoms with E-state index in [1.165, 1.54) is 4.90 Å². The Balaban J connectivity index is 1.63. The first kappa shape index (κ1) is 17.7. The summed E-state index contributed by atoms with van der Waals surface area (Å²) in [7, 11) is 0. The van der Waals surface area contributed by atoms with Gasteiger partial charge in [0.05, 0.1) is 19.3 Å². The van der Waals surface area contributed by atoms with Gasteiger partial charge >= 0.3 is 12.1 Å². The minimum atomic E-state index is -0.774. The molecule has 0 saturated carbocycles. The summed E-state index contributed by atoms with van der Waals surface area (Å²) < 4.78 is 16.7. The van der Waals surface area contributed by atoms with Gasteiger partial charge in [0, 0.05) is 19.5 Å². The predicted molar refractivity (Wildman–Crippen MR) is 90.8 cm³/mol. The number of hydrogen-bond acceptors (Lipinski definition) is 5. The van der Waals surface area contributed by atoms with Gasteiger partial charge in [0.2, 0.25) is 0 Å². The van der Waals surface area contributed by atoms with Crippen molar-refractivity contribution in [3.63, 3.8) is 0 Å². The van der Waals surface area contributed by atoms with Gasteiger partial charge in [-0.3, -0.25) is 4.79 Å². The maximum atomic E-state index is 12.4. The summed E-state index contributed by atoms with van der Waals surface area (Å²) in [6.45, 7) is 6.81. The summed E-state index contributed by atoms with van der Waals surface area (Å²) in [5, 5.41) is 0. The van der Waals surface area contributed by atoms with E-state index in [1.54, 1.807) is 0 Å². The van der Waals surface area contributed by atoms with Gasteiger partial charge in [0.25, 0.3) is 0 Å². The lowest BCUT2D eigenvalue weighted by Crippen LogP contribution is -2.69. The molecule has 0 aromatic heterocycles. The minimum absolute atomic E-state index is 0.257. The van der Waals surface area contributed by atoms with Crippen LogP contribution in [0.4, 0.5) is 4.79 Å². The number of carbonyl (C=O) groups excluding carboxylic acids is 2. The molecule has 136 valence electrons. The highest BCUT2D eigenvalue weighted by Crippen LogP contribution is 2.42. The van der Waals surface area contributed by atoms with Gasteiger partial charge in [-0.15, -0.1) is 0 Å². The molecule has 1 amide bonds. The predicted octanol–water partition coefficient (Wildman–Crippen LogP) is 2.76. The van der Waals surface area contributed by atoms with E-state index in [-0.39, 0.29) is 25.2 Å². The van der Waals surface area contributed by atoms with Crippen molar-refractivity contribution in [2.45, 2.75) is 45.5 Å². The standard InChI is InChI=1S/C19H25NO5/c1-18(2,3)25-17(22)20-12-19(13-20)15(9-10-23-16(19)21)24-11-14-7-5-4-6-8-14/h4-8,15H,9-13H2,1-3H3. The van der Waals surface area contributed by atoms with Crippen LogP contribution >= 0.6 is 0 Å². The number of cyclic esters (lactones) is 1. The lowest BCUT2D eigenvalue weighted by atomic mass is 9.72. The molecular weight excluding hydrogens is 322 g/mol. The summed E-state index contributed by atoms with van der Waals surface area (Å²) in [4.78, 5) is 26.1. The fraction of sp³-hybridized carbons (Fsp3) is 0.579. The van der Waals surface area contributed by atoms with Crippen molar-refractivity contribution >= 4 is 12.1 Å². The Morgan fingerprint density at radius 3 is 2.60 bits per heavy atom. The SMILES string of the molecule is CC(C)(C)OC(=O)N1CC2(C1)C(=O)OCCC2OCc1ccccc1. The maximum Gasteiger partial charge on any atom is 0.410 e. The Morgan fingerprint density at radius 2 is 1.96 bits per heavy atom. The second kappa shape index (κ2) is 6.67. The van der Waals surface area contributed by atoms with Crippen molar-refractivity contribution in [1.82, 2.24) is 4.90 Å². The van der Waals surface area contributed by atoms with Gasteiger partial charge < -0.3 is 19.1 Å². The molecule has 0 aliphatic carbocycles. The number of likely N-dealkylation sites (tertiary alicyclic amines) is 1. The van der Waals surface area contributed by atoms with Gasteiger partial charge in [0.15, 0.2) is 0 Å². The van der Waals surface area contributed by atoms with E-state index < -0.39 is 17.1 Å². The number of ether oxygens (including phenoxy) is 3. The number of rotatable bonds is 3. The monoisotopic (exact) mass is 347 g/mol. The van der Waals surface area contributed by atoms with Crippen LogP contribution in [-0.4, -0.2) is 48.4 Å². The van der Waals surface area contributed by atoms with E-state index in [0.29, 0.717) is 19.6 Å². The average Bonchev–Trinajstić information content (AvgIpc) is 2.50. The van der Waals surface area contributed by atoms with Gasteiger partial charge in [-0.2, -0.15) is 0 Å². The molecule has 0 N–H and O–H groups in total. The zero-order chi connectivity index (χ0) is 18.1. The highest BCUT2D eigenvalue weighted by Gasteiger charge is 2.60. The molecule has 1 atom stereocenters. The number of nitrogens with zero attached hydrogens (tertiary/aromatic N) is 1. The fourth-order valence-electron chi connectivity index (χ4n) is 3.25. The molecule has 2 aliphatic rings. The van der Waals surface area contributed by atoms with Crippen molar-refractivity contribution in [3.8, 4) is 0 Å². The van der Waals surface area contributed by atoms with E-state index in [9.17, 15) is 9.59 Å². The lowest BCUT2D eigenvalue weighted by Gasteiger charge is -2.52. The molecule has 0 bridgehead atoms. The Labute approximate surface area is 148 Å². The first-order valence-corrected chi connectivity index (χ1v) is 8.61. The summed E-state index contributed by atoms with van der Waals surface area (Å²) >= 11 is 0. The summed E-state index contributed by atoms with van der Waals surface area (Å²) in [6, 6.07) is 9.84. The number of esters is 1. The number of hydrogen-bond donors (Lipinski definition) is 0. The quantitative estimate of drug-likeness (QED) is 0.787. The number of amides is 1. The average molecular weight is 347 g/mol. The molecule has 2 aliphatic heterocycles. The third-order valence-corrected chi connectivity index (χ3v) is 4.53. The van der Waals surface area contributed by atoms with Crippen molar-refractivity contribution < 1.29 is 23.8 Å². The number of carbonyl (C=O) groups is 2. The highest BCUT2D eigenvalue weighted by molar-refractivity contribution is 5.83. The van der Waals surface area contributed by atoms with E-state index in [2.05, 4.69) is 0 Å². The van der Waals surface area contributed by atoms with Crippen LogP contribution in [0, 0.1) is 5.41 Å². The van der Waals surface area contributed by atoms with Crippen LogP contribution in [0.25, 0.3) is 0 Å². The van der Waals surface area contributed by atoms with E-state index in [0.717, 1.165) is 5.56 Å². The molecule has 2 fully saturated rings. The van der Waals surface area contributed by atoms with Gasteiger partial charge in [0.1, 0.15) is 11.0 Å². The highest BCUT2D eigenvalue weighted by atomic mass is 16.6. The van der Waals surface area contributed by atoms with Crippen molar-refractivity contribution in [3.05, 3.63) is 35.9 Å². The molecule has 1 spiro atoms. The molecule has 1 unspecified atom stereocenters. The van der Waals surface area contributed by atoms with Gasteiger partial charge in [-0.1, -0.05) is 30.3 Å². The zero-order valence-electron chi connectivity index (χ0n) is 15.0. The Bertz CT molecular complexity index is 631. The molecule has 3 rings (SSSR count). The Hall–Kier alpha value is -2.08. The minimum Gasteiger partial charge on any atom is -0.465 e. The summed E-state index contributed by atoms with van der Waals surface area (Å²) in [6.07, 6.45) is -0.0215. The second-order valence-corrected chi connectivity index (χ2v) is 7.70. The van der Waals surface area contributed by atoms with Crippen LogP contribution in [0.3, 0.4) is 0 Å². The van der Waals surface area contributed by atoms with Crippen LogP contribution in [-0.2, 0) is 25.6 Å². The van der Waals surface area contributed by atoms with E-state index >= 15 is 0 Å². The largest absolute Gasteiger partial charge is 0.465 e. The molecular formula is C19H25NO5. The Kier molecular flexibility index (Phi) is 4.73. The van der Waals surface area contributed by atoms with Crippen molar-refractivity contribution in [2.75, 3.05) is 19.7 Å². The van der Waals surface area contributed by atoms with Gasteiger partial charge in [-0.25, -0.2) is 4.79 Å². The molecule has 0 radical (unpaired) electrons. The molecule has 6 heteroatoms. The zero-order valence-corrected chi connectivity index (χ0v) is 15.0. The molecule has 1 aromatic rings. The first-order valence-electron chi connectivity index (χ1n) is 8.61. The van der Waals surface area contributed by atoms with Crippen LogP contribution < -0.4 is 0 Å². The first-order chi connectivity index (χ1) is 11.8. The van der Waals surface area contributed by atoms with Crippen LogP contribution in [0.1, 0.15) is 32.8 Å². The fourth-order valence-corrected chi connectivity index (χ4v) is 3.25. The second-order valence-electron chi connectivity index (χ2n) is 7.70. The lowest BCUT2D eigenvalue weighted by molar-refractivity contribution is -0.202. The van der Waals surface area contributed by atoms with Gasteiger partial charge in [-0.05, 0) is 26.3 Å².